The smallest absolute Gasteiger partial charge is 0.314 e. The highest BCUT2D eigenvalue weighted by atomic mass is 79.9. The van der Waals surface area contributed by atoms with E-state index in [0.29, 0.717) is 4.47 Å². The van der Waals surface area contributed by atoms with E-state index in [1.165, 1.54) is 6.07 Å². The Bertz CT molecular complexity index is 470. The number of piperazine rings is 1. The number of benzene rings is 1. The molecule has 0 aliphatic carbocycles. The number of hydrogen-bond donors (Lipinski definition) is 1. The molecule has 21 heavy (non-hydrogen) atoms. The zero-order valence-electron chi connectivity index (χ0n) is 12.0. The van der Waals surface area contributed by atoms with Gasteiger partial charge < -0.3 is 5.32 Å². The first-order valence-electron chi connectivity index (χ1n) is 7.24. The predicted octanol–water partition coefficient (Wildman–Crippen LogP) is 4.21. The Labute approximate surface area is 131 Å². The van der Waals surface area contributed by atoms with Crippen LogP contribution >= 0.6 is 15.9 Å². The molecule has 0 amide bonds. The van der Waals surface area contributed by atoms with Crippen molar-refractivity contribution >= 4 is 15.9 Å². The van der Waals surface area contributed by atoms with Gasteiger partial charge in [0.25, 0.3) is 0 Å². The molecule has 1 aromatic rings. The molecule has 0 bridgehead atoms. The van der Waals surface area contributed by atoms with Crippen LogP contribution < -0.4 is 5.32 Å². The molecule has 1 heterocycles. The van der Waals surface area contributed by atoms with Gasteiger partial charge in [0.15, 0.2) is 0 Å². The summed E-state index contributed by atoms with van der Waals surface area (Å²) in [5.74, 6) is 0. The fourth-order valence-electron chi connectivity index (χ4n) is 2.80. The van der Waals surface area contributed by atoms with E-state index in [2.05, 4.69) is 33.1 Å². The Balaban J connectivity index is 2.32. The van der Waals surface area contributed by atoms with Gasteiger partial charge in [-0.25, -0.2) is 0 Å². The fourth-order valence-corrected chi connectivity index (χ4v) is 3.31. The van der Waals surface area contributed by atoms with E-state index >= 15 is 0 Å². The van der Waals surface area contributed by atoms with Crippen molar-refractivity contribution in [3.63, 3.8) is 0 Å². The molecule has 6 heteroatoms. The molecule has 0 aromatic heterocycles. The fraction of sp³-hybridized carbons (Fsp3) is 0.600. The summed E-state index contributed by atoms with van der Waals surface area (Å²) in [6, 6.07) is 4.31. The lowest BCUT2D eigenvalue weighted by Gasteiger charge is -2.35. The Morgan fingerprint density at radius 2 is 1.90 bits per heavy atom. The van der Waals surface area contributed by atoms with Crippen LogP contribution in [0, 0.1) is 0 Å². The topological polar surface area (TPSA) is 15.3 Å². The first-order chi connectivity index (χ1) is 9.91. The predicted molar refractivity (Wildman–Crippen MR) is 81.2 cm³/mol. The van der Waals surface area contributed by atoms with E-state index in [9.17, 15) is 13.2 Å². The van der Waals surface area contributed by atoms with Gasteiger partial charge in [0, 0.05) is 36.7 Å². The lowest BCUT2D eigenvalue weighted by atomic mass is 9.98. The van der Waals surface area contributed by atoms with E-state index in [1.54, 1.807) is 0 Å². The van der Waals surface area contributed by atoms with Crippen LogP contribution in [-0.2, 0) is 6.18 Å². The summed E-state index contributed by atoms with van der Waals surface area (Å²) in [7, 11) is 0. The third-order valence-electron chi connectivity index (χ3n) is 3.79. The SMILES string of the molecule is CCC[C@H](c1cc(Br)cc(C(F)(F)F)c1)N1CCNCC1. The quantitative estimate of drug-likeness (QED) is 0.860. The van der Waals surface area contributed by atoms with Gasteiger partial charge in [-0.3, -0.25) is 4.90 Å². The number of alkyl halides is 3. The van der Waals surface area contributed by atoms with Crippen molar-refractivity contribution in [2.75, 3.05) is 26.2 Å². The maximum Gasteiger partial charge on any atom is 0.416 e. The highest BCUT2D eigenvalue weighted by molar-refractivity contribution is 9.10. The van der Waals surface area contributed by atoms with Crippen molar-refractivity contribution in [2.45, 2.75) is 32.0 Å². The largest absolute Gasteiger partial charge is 0.416 e. The Morgan fingerprint density at radius 3 is 2.48 bits per heavy atom. The molecule has 0 unspecified atom stereocenters. The van der Waals surface area contributed by atoms with E-state index < -0.39 is 11.7 Å². The number of nitrogens with one attached hydrogen (secondary N) is 1. The summed E-state index contributed by atoms with van der Waals surface area (Å²) in [5.41, 5.74) is 0.170. The second-order valence-corrected chi connectivity index (χ2v) is 6.28. The molecule has 1 aromatic carbocycles. The third kappa shape index (κ3) is 4.44. The van der Waals surface area contributed by atoms with Gasteiger partial charge in [-0.1, -0.05) is 29.3 Å². The molecule has 0 spiro atoms. The summed E-state index contributed by atoms with van der Waals surface area (Å²) in [4.78, 5) is 2.28. The number of halogens is 4. The number of rotatable bonds is 4. The molecule has 0 saturated carbocycles. The maximum absolute atomic E-state index is 13.0. The van der Waals surface area contributed by atoms with Gasteiger partial charge in [0.05, 0.1) is 5.56 Å². The lowest BCUT2D eigenvalue weighted by Crippen LogP contribution is -2.45. The van der Waals surface area contributed by atoms with Gasteiger partial charge in [-0.05, 0) is 30.2 Å². The van der Waals surface area contributed by atoms with Crippen LogP contribution in [-0.4, -0.2) is 31.1 Å². The Hall–Kier alpha value is -0.590. The van der Waals surface area contributed by atoms with Crippen LogP contribution in [0.25, 0.3) is 0 Å². The molecule has 1 fully saturated rings. The molecule has 118 valence electrons. The molecule has 1 saturated heterocycles. The van der Waals surface area contributed by atoms with Crippen LogP contribution in [0.15, 0.2) is 22.7 Å². The van der Waals surface area contributed by atoms with Crippen molar-refractivity contribution < 1.29 is 13.2 Å². The van der Waals surface area contributed by atoms with Crippen LogP contribution in [0.3, 0.4) is 0 Å². The first kappa shape index (κ1) is 16.8. The lowest BCUT2D eigenvalue weighted by molar-refractivity contribution is -0.137. The average Bonchev–Trinajstić information content (AvgIpc) is 2.44. The molecule has 1 aliphatic rings. The summed E-state index contributed by atoms with van der Waals surface area (Å²) in [5, 5.41) is 3.28. The summed E-state index contributed by atoms with van der Waals surface area (Å²) in [6.07, 6.45) is -2.49. The molecular weight excluding hydrogens is 345 g/mol. The summed E-state index contributed by atoms with van der Waals surface area (Å²) < 4.78 is 39.5. The molecule has 1 atom stereocenters. The van der Waals surface area contributed by atoms with Gasteiger partial charge >= 0.3 is 6.18 Å². The standard InChI is InChI=1S/C15H20BrF3N2/c1-2-3-14(21-6-4-20-5-7-21)11-8-12(15(17,18)19)10-13(16)9-11/h8-10,14,20H,2-7H2,1H3/t14-/m1/s1. The van der Waals surface area contributed by atoms with Crippen LogP contribution in [0.2, 0.25) is 0 Å². The minimum absolute atomic E-state index is 0.0516. The first-order valence-corrected chi connectivity index (χ1v) is 8.03. The molecular formula is C15H20BrF3N2. The van der Waals surface area contributed by atoms with E-state index in [1.807, 2.05) is 6.07 Å². The van der Waals surface area contributed by atoms with Gasteiger partial charge in [0.2, 0.25) is 0 Å². The van der Waals surface area contributed by atoms with Crippen LogP contribution in [0.4, 0.5) is 13.2 Å². The maximum atomic E-state index is 13.0. The van der Waals surface area contributed by atoms with Crippen molar-refractivity contribution in [1.82, 2.24) is 10.2 Å². The van der Waals surface area contributed by atoms with E-state index in [-0.39, 0.29) is 6.04 Å². The number of hydrogen-bond acceptors (Lipinski definition) is 2. The molecule has 0 radical (unpaired) electrons. The minimum Gasteiger partial charge on any atom is -0.314 e. The highest BCUT2D eigenvalue weighted by Gasteiger charge is 2.32. The van der Waals surface area contributed by atoms with Crippen LogP contribution in [0.1, 0.15) is 36.9 Å². The molecule has 1 N–H and O–H groups in total. The van der Waals surface area contributed by atoms with Crippen LogP contribution in [0.5, 0.6) is 0 Å². The summed E-state index contributed by atoms with van der Waals surface area (Å²) in [6.45, 7) is 5.59. The molecule has 2 rings (SSSR count). The Morgan fingerprint density at radius 1 is 1.24 bits per heavy atom. The van der Waals surface area contributed by atoms with Crippen molar-refractivity contribution in [3.05, 3.63) is 33.8 Å². The van der Waals surface area contributed by atoms with Crippen molar-refractivity contribution in [2.24, 2.45) is 0 Å². The second kappa shape index (κ2) is 7.11. The average molecular weight is 365 g/mol. The van der Waals surface area contributed by atoms with Gasteiger partial charge in [0.1, 0.15) is 0 Å². The molecule has 2 nitrogen and oxygen atoms in total. The minimum atomic E-state index is -4.31. The summed E-state index contributed by atoms with van der Waals surface area (Å²) >= 11 is 3.22. The number of nitrogens with zero attached hydrogens (tertiary/aromatic N) is 1. The van der Waals surface area contributed by atoms with E-state index in [0.717, 1.165) is 50.7 Å². The van der Waals surface area contributed by atoms with Crippen molar-refractivity contribution in [3.8, 4) is 0 Å². The zero-order chi connectivity index (χ0) is 15.5. The third-order valence-corrected chi connectivity index (χ3v) is 4.24. The monoisotopic (exact) mass is 364 g/mol. The van der Waals surface area contributed by atoms with Crippen molar-refractivity contribution in [1.29, 1.82) is 0 Å². The normalized spacial score (nSPS) is 18.7. The zero-order valence-corrected chi connectivity index (χ0v) is 13.6. The van der Waals surface area contributed by atoms with E-state index in [4.69, 9.17) is 0 Å². The second-order valence-electron chi connectivity index (χ2n) is 5.36. The Kier molecular flexibility index (Phi) is 5.68. The molecule has 1 aliphatic heterocycles. The van der Waals surface area contributed by atoms with Gasteiger partial charge in [-0.15, -0.1) is 0 Å². The van der Waals surface area contributed by atoms with Gasteiger partial charge in [-0.2, -0.15) is 13.2 Å². The highest BCUT2D eigenvalue weighted by Crippen LogP contribution is 2.35.